The number of carbonyl (C=O) groups excluding carboxylic acids is 1. The largest absolute Gasteiger partial charge is 0.383 e. The molecule has 36 heavy (non-hydrogen) atoms. The number of fused-ring (bicyclic) bond motifs is 1. The second-order valence-corrected chi connectivity index (χ2v) is 10.8. The monoisotopic (exact) mass is 501 g/mol. The van der Waals surface area contributed by atoms with Crippen molar-refractivity contribution in [3.8, 4) is 21.7 Å². The van der Waals surface area contributed by atoms with Gasteiger partial charge in [0.05, 0.1) is 40.7 Å². The summed E-state index contributed by atoms with van der Waals surface area (Å²) in [5.41, 5.74) is 10.1. The number of nitrogen functional groups attached to an aromatic ring is 1. The Labute approximate surface area is 214 Å². The van der Waals surface area contributed by atoms with Crippen LogP contribution in [0.3, 0.4) is 0 Å². The van der Waals surface area contributed by atoms with E-state index in [9.17, 15) is 4.79 Å². The zero-order valence-electron chi connectivity index (χ0n) is 20.3. The van der Waals surface area contributed by atoms with E-state index in [-0.39, 0.29) is 0 Å². The maximum absolute atomic E-state index is 11.1. The summed E-state index contributed by atoms with van der Waals surface area (Å²) in [7, 11) is 0. The summed E-state index contributed by atoms with van der Waals surface area (Å²) < 4.78 is 3.25. The van der Waals surface area contributed by atoms with Gasteiger partial charge < -0.3 is 10.5 Å². The molecule has 0 bridgehead atoms. The highest BCUT2D eigenvalue weighted by molar-refractivity contribution is 7.21. The van der Waals surface area contributed by atoms with Crippen molar-refractivity contribution in [2.24, 2.45) is 0 Å². The van der Waals surface area contributed by atoms with E-state index in [0.29, 0.717) is 24.6 Å². The maximum atomic E-state index is 11.1. The number of carbonyl (C=O) groups is 1. The van der Waals surface area contributed by atoms with E-state index in [1.807, 2.05) is 30.6 Å². The highest BCUT2D eigenvalue weighted by Crippen LogP contribution is 2.35. The Hall–Kier alpha value is -3.14. The van der Waals surface area contributed by atoms with Crippen LogP contribution in [0.15, 0.2) is 48.9 Å². The van der Waals surface area contributed by atoms with Gasteiger partial charge >= 0.3 is 0 Å². The Morgan fingerprint density at radius 2 is 1.92 bits per heavy atom. The number of aldehydes is 1. The fraction of sp³-hybridized carbons (Fsp3) is 0.407. The number of anilines is 1. The molecule has 0 radical (unpaired) electrons. The number of benzene rings is 1. The van der Waals surface area contributed by atoms with Crippen molar-refractivity contribution in [2.75, 3.05) is 31.9 Å². The number of para-hydroxylation sites is 1. The van der Waals surface area contributed by atoms with E-state index < -0.39 is 0 Å². The van der Waals surface area contributed by atoms with Gasteiger partial charge in [0, 0.05) is 43.2 Å². The van der Waals surface area contributed by atoms with Gasteiger partial charge in [-0.3, -0.25) is 14.5 Å². The zero-order valence-corrected chi connectivity index (χ0v) is 21.1. The summed E-state index contributed by atoms with van der Waals surface area (Å²) in [6, 6.07) is 10.6. The summed E-state index contributed by atoms with van der Waals surface area (Å²) in [6.07, 6.45) is 13.0. The number of piperidine rings is 2. The molecule has 8 nitrogen and oxygen atoms in total. The fourth-order valence-corrected chi connectivity index (χ4v) is 6.61. The molecule has 2 N–H and O–H groups in total. The molecule has 2 saturated heterocycles. The fourth-order valence-electron chi connectivity index (χ4n) is 5.62. The van der Waals surface area contributed by atoms with Gasteiger partial charge in [-0.1, -0.05) is 12.1 Å². The molecule has 2 fully saturated rings. The van der Waals surface area contributed by atoms with E-state index in [0.717, 1.165) is 77.1 Å². The van der Waals surface area contributed by atoms with Crippen molar-refractivity contribution < 1.29 is 4.79 Å². The van der Waals surface area contributed by atoms with E-state index in [4.69, 9.17) is 15.8 Å². The third-order valence-electron chi connectivity index (χ3n) is 7.56. The van der Waals surface area contributed by atoms with Crippen molar-refractivity contribution >= 4 is 33.7 Å². The minimum absolute atomic E-state index is 0.378. The van der Waals surface area contributed by atoms with E-state index in [1.54, 1.807) is 11.3 Å². The van der Waals surface area contributed by atoms with Crippen molar-refractivity contribution in [3.05, 3.63) is 48.9 Å². The van der Waals surface area contributed by atoms with Gasteiger partial charge in [-0.15, -0.1) is 11.3 Å². The molecule has 3 aromatic heterocycles. The lowest BCUT2D eigenvalue weighted by atomic mass is 10.0. The molecular weight excluding hydrogens is 470 g/mol. The zero-order chi connectivity index (χ0) is 24.5. The number of pyridine rings is 1. The first-order chi connectivity index (χ1) is 17.7. The quantitative estimate of drug-likeness (QED) is 0.390. The molecule has 9 heteroatoms. The van der Waals surface area contributed by atoms with Crippen LogP contribution in [0.2, 0.25) is 0 Å². The Kier molecular flexibility index (Phi) is 6.52. The Morgan fingerprint density at radius 3 is 2.75 bits per heavy atom. The third-order valence-corrected chi connectivity index (χ3v) is 8.63. The highest BCUT2D eigenvalue weighted by atomic mass is 32.1. The van der Waals surface area contributed by atoms with Crippen LogP contribution in [-0.4, -0.2) is 68.2 Å². The molecule has 5 heterocycles. The number of hydrogen-bond acceptors (Lipinski definition) is 8. The lowest BCUT2D eigenvalue weighted by Crippen LogP contribution is -2.53. The number of likely N-dealkylation sites (tertiary alicyclic amines) is 2. The molecule has 4 aromatic rings. The van der Waals surface area contributed by atoms with Crippen LogP contribution >= 0.6 is 11.3 Å². The third kappa shape index (κ3) is 4.54. The van der Waals surface area contributed by atoms with Gasteiger partial charge in [0.1, 0.15) is 17.1 Å². The number of nitrogens with two attached hydrogens (primary N) is 1. The van der Waals surface area contributed by atoms with Gasteiger partial charge in [0.25, 0.3) is 0 Å². The first kappa shape index (κ1) is 23.3. The average Bonchev–Trinajstić information content (AvgIpc) is 3.58. The molecule has 0 spiro atoms. The summed E-state index contributed by atoms with van der Waals surface area (Å²) in [5.74, 6) is 0.490. The normalized spacial score (nSPS) is 20.2. The molecule has 2 aliphatic rings. The van der Waals surface area contributed by atoms with Crippen molar-refractivity contribution in [1.29, 1.82) is 0 Å². The number of aromatic nitrogens is 4. The van der Waals surface area contributed by atoms with Gasteiger partial charge in [0.15, 0.2) is 0 Å². The lowest BCUT2D eigenvalue weighted by Gasteiger charge is -2.44. The molecule has 2 aliphatic heterocycles. The highest BCUT2D eigenvalue weighted by Gasteiger charge is 2.31. The minimum atomic E-state index is 0.378. The number of thiazole rings is 1. The summed E-state index contributed by atoms with van der Waals surface area (Å²) >= 11 is 1.63. The molecular formula is C27H31N7OS. The van der Waals surface area contributed by atoms with Crippen LogP contribution in [-0.2, 0) is 4.79 Å². The first-order valence-corrected chi connectivity index (χ1v) is 13.6. The van der Waals surface area contributed by atoms with Crippen molar-refractivity contribution in [1.82, 2.24) is 29.5 Å². The van der Waals surface area contributed by atoms with Crippen LogP contribution in [0.4, 0.5) is 5.82 Å². The SMILES string of the molecule is Nc1ncc(-c2cnn(C3CCN(C4CCCCN4CC=O)CC3)c2)cc1-c1nc2ccccc2s1. The summed E-state index contributed by atoms with van der Waals surface area (Å²) in [5, 5.41) is 5.61. The van der Waals surface area contributed by atoms with E-state index >= 15 is 0 Å². The van der Waals surface area contributed by atoms with Crippen LogP contribution in [0.5, 0.6) is 0 Å². The van der Waals surface area contributed by atoms with Crippen LogP contribution in [0.1, 0.15) is 38.1 Å². The van der Waals surface area contributed by atoms with Gasteiger partial charge in [-0.2, -0.15) is 5.10 Å². The second-order valence-electron chi connectivity index (χ2n) is 9.76. The number of rotatable bonds is 6. The van der Waals surface area contributed by atoms with Crippen LogP contribution in [0, 0.1) is 0 Å². The predicted molar refractivity (Wildman–Crippen MR) is 144 cm³/mol. The maximum Gasteiger partial charge on any atom is 0.134 e. The molecule has 186 valence electrons. The second kappa shape index (κ2) is 10.1. The smallest absolute Gasteiger partial charge is 0.134 e. The molecule has 0 amide bonds. The Bertz CT molecular complexity index is 1320. The molecule has 0 aliphatic carbocycles. The molecule has 1 aromatic carbocycles. The summed E-state index contributed by atoms with van der Waals surface area (Å²) in [6.45, 7) is 3.64. The Balaban J connectivity index is 1.17. The topological polar surface area (TPSA) is 93.2 Å². The van der Waals surface area contributed by atoms with Crippen molar-refractivity contribution in [2.45, 2.75) is 44.3 Å². The molecule has 1 atom stereocenters. The lowest BCUT2D eigenvalue weighted by molar-refractivity contribution is -0.111. The Morgan fingerprint density at radius 1 is 1.06 bits per heavy atom. The van der Waals surface area contributed by atoms with Gasteiger partial charge in [-0.05, 0) is 50.3 Å². The molecule has 0 saturated carbocycles. The first-order valence-electron chi connectivity index (χ1n) is 12.8. The van der Waals surface area contributed by atoms with E-state index in [1.165, 1.54) is 12.8 Å². The standard InChI is InChI=1S/C27H31N7OS/c28-26-22(27-31-23-5-1-2-6-24(23)36-27)15-19(16-29-26)20-17-30-34(18-20)21-8-11-33(12-9-21)25-7-3-4-10-32(25)13-14-35/h1-2,5-6,14-18,21,25H,3-4,7-13H2,(H2,28,29). The van der Waals surface area contributed by atoms with Crippen LogP contribution in [0.25, 0.3) is 31.9 Å². The minimum Gasteiger partial charge on any atom is -0.383 e. The van der Waals surface area contributed by atoms with Crippen LogP contribution < -0.4 is 5.73 Å². The molecule has 1 unspecified atom stereocenters. The van der Waals surface area contributed by atoms with E-state index in [2.05, 4.69) is 37.8 Å². The summed E-state index contributed by atoms with van der Waals surface area (Å²) in [4.78, 5) is 25.3. The van der Waals surface area contributed by atoms with Gasteiger partial charge in [0.2, 0.25) is 0 Å². The number of nitrogens with zero attached hydrogens (tertiary/aromatic N) is 6. The molecule has 6 rings (SSSR count). The predicted octanol–water partition coefficient (Wildman–Crippen LogP) is 4.45. The average molecular weight is 502 g/mol. The van der Waals surface area contributed by atoms with Gasteiger partial charge in [-0.25, -0.2) is 9.97 Å². The van der Waals surface area contributed by atoms with Crippen molar-refractivity contribution in [3.63, 3.8) is 0 Å². The number of hydrogen-bond donors (Lipinski definition) is 1.